The van der Waals surface area contributed by atoms with Crippen molar-refractivity contribution >= 4 is 17.7 Å². The normalized spacial score (nSPS) is 39.2. The summed E-state index contributed by atoms with van der Waals surface area (Å²) in [4.78, 5) is 36.6. The molecule has 0 aromatic carbocycles. The van der Waals surface area contributed by atoms with Crippen molar-refractivity contribution in [2.45, 2.75) is 63.0 Å². The highest BCUT2D eigenvalue weighted by Crippen LogP contribution is 2.36. The van der Waals surface area contributed by atoms with Gasteiger partial charge in [0.25, 0.3) is 0 Å². The van der Waals surface area contributed by atoms with Crippen LogP contribution in [0.15, 0.2) is 11.3 Å². The predicted molar refractivity (Wildman–Crippen MR) is 85.2 cm³/mol. The monoisotopic (exact) mass is 356 g/mol. The summed E-state index contributed by atoms with van der Waals surface area (Å²) >= 11 is 0. The number of Topliss-reactive ketones (excluding diaryl/α,β-unsaturated/α-hetero) is 1. The van der Waals surface area contributed by atoms with Crippen LogP contribution in [0, 0.1) is 0 Å². The molecule has 0 radical (unpaired) electrons. The van der Waals surface area contributed by atoms with E-state index in [4.69, 9.17) is 15.2 Å². The van der Waals surface area contributed by atoms with Crippen molar-refractivity contribution in [3.8, 4) is 0 Å². The van der Waals surface area contributed by atoms with Gasteiger partial charge in [0.2, 0.25) is 11.6 Å². The summed E-state index contributed by atoms with van der Waals surface area (Å²) in [5.41, 5.74) is 1.61. The number of esters is 1. The molecule has 9 heteroatoms. The number of nitrogens with one attached hydrogen (secondary N) is 1. The van der Waals surface area contributed by atoms with E-state index < -0.39 is 46.9 Å². The second-order valence-electron chi connectivity index (χ2n) is 6.77. The van der Waals surface area contributed by atoms with Gasteiger partial charge in [0.05, 0.1) is 11.2 Å². The Kier molecular flexibility index (Phi) is 5.22. The van der Waals surface area contributed by atoms with E-state index in [0.29, 0.717) is 0 Å². The lowest BCUT2D eigenvalue weighted by Crippen LogP contribution is -2.57. The second kappa shape index (κ2) is 6.74. The number of methoxy groups -OCH3 is 1. The molecule has 1 saturated heterocycles. The SMILES string of the molecule is COC1CCC(C)(O)C(=C(O)C2(C)NC(=O)CCC(N)C(=O)O2)C1=O. The molecule has 0 aromatic rings. The highest BCUT2D eigenvalue weighted by atomic mass is 16.6. The van der Waals surface area contributed by atoms with Crippen LogP contribution >= 0.6 is 0 Å². The lowest BCUT2D eigenvalue weighted by molar-refractivity contribution is -0.167. The molecule has 1 aliphatic carbocycles. The van der Waals surface area contributed by atoms with Crippen molar-refractivity contribution < 1.29 is 34.1 Å². The van der Waals surface area contributed by atoms with Crippen LogP contribution in [0.4, 0.5) is 0 Å². The molecule has 1 saturated carbocycles. The number of hydrogen-bond acceptors (Lipinski definition) is 8. The number of amides is 1. The van der Waals surface area contributed by atoms with Crippen molar-refractivity contribution in [2.75, 3.05) is 7.11 Å². The average Bonchev–Trinajstić information content (AvgIpc) is 2.51. The van der Waals surface area contributed by atoms with Crippen LogP contribution in [0.25, 0.3) is 0 Å². The third kappa shape index (κ3) is 3.68. The fourth-order valence-corrected chi connectivity index (χ4v) is 3.07. The molecular weight excluding hydrogens is 332 g/mol. The number of aliphatic hydroxyl groups excluding tert-OH is 1. The molecule has 2 rings (SSSR count). The van der Waals surface area contributed by atoms with Gasteiger partial charge in [-0.05, 0) is 26.2 Å². The number of aliphatic hydroxyl groups is 2. The number of carbonyl (C=O) groups excluding carboxylic acids is 3. The summed E-state index contributed by atoms with van der Waals surface area (Å²) in [5.74, 6) is -2.71. The van der Waals surface area contributed by atoms with Gasteiger partial charge in [0.15, 0.2) is 11.5 Å². The first-order chi connectivity index (χ1) is 11.5. The zero-order valence-electron chi connectivity index (χ0n) is 14.5. The Balaban J connectivity index is 2.53. The maximum absolute atomic E-state index is 12.6. The molecule has 2 aliphatic rings. The summed E-state index contributed by atoms with van der Waals surface area (Å²) in [5, 5.41) is 23.7. The van der Waals surface area contributed by atoms with Crippen LogP contribution < -0.4 is 11.1 Å². The number of rotatable bonds is 2. The van der Waals surface area contributed by atoms with E-state index in [1.54, 1.807) is 0 Å². The number of ketones is 1. The molecule has 9 nitrogen and oxygen atoms in total. The summed E-state index contributed by atoms with van der Waals surface area (Å²) < 4.78 is 10.3. The van der Waals surface area contributed by atoms with Crippen molar-refractivity contribution in [2.24, 2.45) is 5.73 Å². The van der Waals surface area contributed by atoms with Crippen LogP contribution in [0.1, 0.15) is 39.5 Å². The van der Waals surface area contributed by atoms with Gasteiger partial charge in [0.1, 0.15) is 12.1 Å². The maximum atomic E-state index is 12.6. The van der Waals surface area contributed by atoms with Crippen molar-refractivity contribution in [1.82, 2.24) is 5.32 Å². The molecular formula is C16H24N2O7. The summed E-state index contributed by atoms with van der Waals surface area (Å²) in [6, 6.07) is -1.03. The van der Waals surface area contributed by atoms with Gasteiger partial charge in [-0.3, -0.25) is 14.4 Å². The smallest absolute Gasteiger partial charge is 0.325 e. The van der Waals surface area contributed by atoms with Gasteiger partial charge in [-0.2, -0.15) is 0 Å². The van der Waals surface area contributed by atoms with Gasteiger partial charge in [0, 0.05) is 20.5 Å². The largest absolute Gasteiger partial charge is 0.506 e. The molecule has 5 N–H and O–H groups in total. The lowest BCUT2D eigenvalue weighted by Gasteiger charge is -2.39. The first-order valence-electron chi connectivity index (χ1n) is 8.05. The highest BCUT2D eigenvalue weighted by Gasteiger charge is 2.49. The quantitative estimate of drug-likeness (QED) is 0.292. The van der Waals surface area contributed by atoms with E-state index in [2.05, 4.69) is 5.32 Å². The van der Waals surface area contributed by atoms with Crippen molar-refractivity contribution in [3.63, 3.8) is 0 Å². The number of carbonyl (C=O) groups is 3. The minimum absolute atomic E-state index is 0.0422. The Morgan fingerprint density at radius 2 is 1.96 bits per heavy atom. The highest BCUT2D eigenvalue weighted by molar-refractivity contribution is 6.02. The van der Waals surface area contributed by atoms with E-state index in [-0.39, 0.29) is 31.3 Å². The predicted octanol–water partition coefficient (Wildman–Crippen LogP) is -0.576. The summed E-state index contributed by atoms with van der Waals surface area (Å²) in [7, 11) is 1.34. The first-order valence-corrected chi connectivity index (χ1v) is 8.05. The Hall–Kier alpha value is -1.97. The third-order valence-corrected chi connectivity index (χ3v) is 4.61. The Bertz CT molecular complexity index is 628. The van der Waals surface area contributed by atoms with Crippen LogP contribution in [0.3, 0.4) is 0 Å². The van der Waals surface area contributed by atoms with E-state index in [1.807, 2.05) is 0 Å². The van der Waals surface area contributed by atoms with E-state index >= 15 is 0 Å². The fraction of sp³-hybridized carbons (Fsp3) is 0.688. The van der Waals surface area contributed by atoms with E-state index in [0.717, 1.165) is 0 Å². The average molecular weight is 356 g/mol. The summed E-state index contributed by atoms with van der Waals surface area (Å²) in [6.07, 6.45) is -0.371. The molecule has 140 valence electrons. The minimum atomic E-state index is -2.02. The Labute approximate surface area is 145 Å². The maximum Gasteiger partial charge on any atom is 0.325 e. The minimum Gasteiger partial charge on any atom is -0.506 e. The fourth-order valence-electron chi connectivity index (χ4n) is 3.07. The lowest BCUT2D eigenvalue weighted by atomic mass is 9.77. The van der Waals surface area contributed by atoms with Gasteiger partial charge in [-0.25, -0.2) is 0 Å². The van der Waals surface area contributed by atoms with Gasteiger partial charge in [-0.15, -0.1) is 0 Å². The van der Waals surface area contributed by atoms with Crippen LogP contribution in [0.2, 0.25) is 0 Å². The van der Waals surface area contributed by atoms with E-state index in [1.165, 1.54) is 21.0 Å². The molecule has 0 bridgehead atoms. The summed E-state index contributed by atoms with van der Waals surface area (Å²) in [6.45, 7) is 2.59. The van der Waals surface area contributed by atoms with Crippen molar-refractivity contribution in [3.05, 3.63) is 11.3 Å². The molecule has 2 fully saturated rings. The molecule has 1 amide bonds. The van der Waals surface area contributed by atoms with Crippen LogP contribution in [0.5, 0.6) is 0 Å². The Morgan fingerprint density at radius 3 is 2.56 bits per heavy atom. The molecule has 0 spiro atoms. The molecule has 1 aliphatic heterocycles. The molecule has 1 heterocycles. The number of hydrogen-bond donors (Lipinski definition) is 4. The first kappa shape index (κ1) is 19.4. The molecule has 0 aromatic heterocycles. The third-order valence-electron chi connectivity index (χ3n) is 4.61. The number of nitrogens with two attached hydrogens (primary N) is 1. The zero-order valence-corrected chi connectivity index (χ0v) is 14.5. The van der Waals surface area contributed by atoms with Gasteiger partial charge >= 0.3 is 5.97 Å². The number of cyclic esters (lactones) is 1. The topological polar surface area (TPSA) is 148 Å². The van der Waals surface area contributed by atoms with Crippen LogP contribution in [-0.2, 0) is 23.9 Å². The van der Waals surface area contributed by atoms with Gasteiger partial charge in [-0.1, -0.05) is 0 Å². The number of ether oxygens (including phenoxy) is 2. The molecule has 4 unspecified atom stereocenters. The standard InChI is InChI=1S/C16H24N2O7/c1-15(23)7-6-9(24-3)12(20)11(15)13(21)16(2)18-10(19)5-4-8(17)14(22)25-16/h8-9,21,23H,4-7,17H2,1-3H3,(H,18,19). The second-order valence-corrected chi connectivity index (χ2v) is 6.77. The van der Waals surface area contributed by atoms with Crippen LogP contribution in [-0.4, -0.2) is 58.5 Å². The zero-order chi connectivity index (χ0) is 19.0. The Morgan fingerprint density at radius 1 is 1.32 bits per heavy atom. The molecule has 4 atom stereocenters. The van der Waals surface area contributed by atoms with Crippen molar-refractivity contribution in [1.29, 1.82) is 0 Å². The molecule has 25 heavy (non-hydrogen) atoms. The van der Waals surface area contributed by atoms with Gasteiger partial charge < -0.3 is 30.7 Å². The van der Waals surface area contributed by atoms with E-state index in [9.17, 15) is 24.6 Å².